The van der Waals surface area contributed by atoms with Crippen molar-refractivity contribution in [3.8, 4) is 0 Å². The SMILES string of the molecule is CC(=O)C(=O)CC(=O)c1ccc(N(C)Cc2ccccc2)s1. The Morgan fingerprint density at radius 3 is 2.36 bits per heavy atom. The van der Waals surface area contributed by atoms with Crippen molar-refractivity contribution < 1.29 is 14.4 Å². The van der Waals surface area contributed by atoms with E-state index in [1.165, 1.54) is 23.8 Å². The van der Waals surface area contributed by atoms with Gasteiger partial charge in [0.1, 0.15) is 0 Å². The molecule has 0 aliphatic heterocycles. The number of nitrogens with zero attached hydrogens (tertiary/aromatic N) is 1. The Labute approximate surface area is 133 Å². The fourth-order valence-corrected chi connectivity index (χ4v) is 2.88. The highest BCUT2D eigenvalue weighted by Gasteiger charge is 2.17. The number of carbonyl (C=O) groups excluding carboxylic acids is 3. The molecule has 0 aliphatic carbocycles. The smallest absolute Gasteiger partial charge is 0.205 e. The molecule has 22 heavy (non-hydrogen) atoms. The summed E-state index contributed by atoms with van der Waals surface area (Å²) in [5, 5.41) is 0.947. The molecule has 4 nitrogen and oxygen atoms in total. The molecule has 1 aromatic carbocycles. The molecule has 0 spiro atoms. The summed E-state index contributed by atoms with van der Waals surface area (Å²) in [5.41, 5.74) is 1.18. The van der Waals surface area contributed by atoms with Crippen LogP contribution in [0.3, 0.4) is 0 Å². The van der Waals surface area contributed by atoms with E-state index in [1.807, 2.05) is 48.3 Å². The van der Waals surface area contributed by atoms with Crippen molar-refractivity contribution in [3.63, 3.8) is 0 Å². The third-order valence-electron chi connectivity index (χ3n) is 3.22. The molecular formula is C17H17NO3S. The highest BCUT2D eigenvalue weighted by Crippen LogP contribution is 2.27. The molecule has 114 valence electrons. The molecule has 0 aliphatic rings. The fourth-order valence-electron chi connectivity index (χ4n) is 1.98. The number of ketones is 3. The van der Waals surface area contributed by atoms with Crippen LogP contribution in [0.2, 0.25) is 0 Å². The lowest BCUT2D eigenvalue weighted by atomic mass is 10.1. The van der Waals surface area contributed by atoms with E-state index >= 15 is 0 Å². The Hall–Kier alpha value is -2.27. The van der Waals surface area contributed by atoms with Gasteiger partial charge in [0.05, 0.1) is 16.3 Å². The van der Waals surface area contributed by atoms with Gasteiger partial charge in [-0.1, -0.05) is 30.3 Å². The molecule has 0 N–H and O–H groups in total. The first kappa shape index (κ1) is 16.1. The number of hydrogen-bond acceptors (Lipinski definition) is 5. The van der Waals surface area contributed by atoms with E-state index in [9.17, 15) is 14.4 Å². The first-order valence-corrected chi connectivity index (χ1v) is 7.71. The Morgan fingerprint density at radius 1 is 1.05 bits per heavy atom. The molecule has 2 rings (SSSR count). The Morgan fingerprint density at radius 2 is 1.73 bits per heavy atom. The van der Waals surface area contributed by atoms with Gasteiger partial charge in [-0.05, 0) is 17.7 Å². The monoisotopic (exact) mass is 315 g/mol. The zero-order valence-corrected chi connectivity index (χ0v) is 13.4. The van der Waals surface area contributed by atoms with Crippen molar-refractivity contribution in [2.45, 2.75) is 19.9 Å². The van der Waals surface area contributed by atoms with E-state index in [0.29, 0.717) is 4.88 Å². The van der Waals surface area contributed by atoms with Crippen molar-refractivity contribution in [3.05, 3.63) is 52.9 Å². The lowest BCUT2D eigenvalue weighted by Crippen LogP contribution is -2.15. The number of benzene rings is 1. The number of rotatable bonds is 7. The van der Waals surface area contributed by atoms with E-state index in [-0.39, 0.29) is 12.2 Å². The van der Waals surface area contributed by atoms with Crippen molar-refractivity contribution in [1.82, 2.24) is 0 Å². The summed E-state index contributed by atoms with van der Waals surface area (Å²) in [4.78, 5) is 36.8. The van der Waals surface area contributed by atoms with Gasteiger partial charge in [-0.2, -0.15) is 0 Å². The van der Waals surface area contributed by atoms with Gasteiger partial charge in [0.15, 0.2) is 11.6 Å². The molecule has 0 saturated heterocycles. The lowest BCUT2D eigenvalue weighted by Gasteiger charge is -2.16. The molecule has 0 fully saturated rings. The van der Waals surface area contributed by atoms with Gasteiger partial charge in [-0.3, -0.25) is 14.4 Å². The number of carbonyl (C=O) groups is 3. The van der Waals surface area contributed by atoms with Gasteiger partial charge in [-0.15, -0.1) is 11.3 Å². The third-order valence-corrected chi connectivity index (χ3v) is 4.46. The second-order valence-corrected chi connectivity index (χ2v) is 6.12. The van der Waals surface area contributed by atoms with Gasteiger partial charge in [0, 0.05) is 20.5 Å². The normalized spacial score (nSPS) is 10.3. The van der Waals surface area contributed by atoms with Crippen LogP contribution >= 0.6 is 11.3 Å². The molecule has 0 unspecified atom stereocenters. The van der Waals surface area contributed by atoms with Crippen LogP contribution in [0.5, 0.6) is 0 Å². The minimum atomic E-state index is -0.641. The minimum Gasteiger partial charge on any atom is -0.362 e. The molecule has 0 saturated carbocycles. The Bertz CT molecular complexity index is 691. The topological polar surface area (TPSA) is 54.5 Å². The van der Waals surface area contributed by atoms with Gasteiger partial charge in [-0.25, -0.2) is 0 Å². The predicted molar refractivity (Wildman–Crippen MR) is 87.5 cm³/mol. The number of Topliss-reactive ketones (excluding diaryl/α,β-unsaturated/α-hetero) is 3. The van der Waals surface area contributed by atoms with Crippen molar-refractivity contribution >= 4 is 33.7 Å². The molecule has 0 atom stereocenters. The third kappa shape index (κ3) is 4.11. The van der Waals surface area contributed by atoms with E-state index in [4.69, 9.17) is 0 Å². The molecule has 0 bridgehead atoms. The maximum absolute atomic E-state index is 12.0. The van der Waals surface area contributed by atoms with E-state index in [0.717, 1.165) is 11.5 Å². The molecule has 0 amide bonds. The lowest BCUT2D eigenvalue weighted by molar-refractivity contribution is -0.134. The molecule has 0 radical (unpaired) electrons. The zero-order chi connectivity index (χ0) is 16.1. The van der Waals surface area contributed by atoms with Gasteiger partial charge in [0.2, 0.25) is 5.78 Å². The van der Waals surface area contributed by atoms with Crippen LogP contribution in [0.25, 0.3) is 0 Å². The fraction of sp³-hybridized carbons (Fsp3) is 0.235. The van der Waals surface area contributed by atoms with E-state index < -0.39 is 11.6 Å². The summed E-state index contributed by atoms with van der Waals surface area (Å²) in [5.74, 6) is -1.52. The zero-order valence-electron chi connectivity index (χ0n) is 12.5. The average molecular weight is 315 g/mol. The maximum Gasteiger partial charge on any atom is 0.205 e. The first-order valence-electron chi connectivity index (χ1n) is 6.89. The summed E-state index contributed by atoms with van der Waals surface area (Å²) < 4.78 is 0. The average Bonchev–Trinajstić information content (AvgIpc) is 2.98. The number of hydrogen-bond donors (Lipinski definition) is 0. The standard InChI is InChI=1S/C17H17NO3S/c1-12(19)14(20)10-15(21)16-8-9-17(22-16)18(2)11-13-6-4-3-5-7-13/h3-9H,10-11H2,1-2H3. The summed E-state index contributed by atoms with van der Waals surface area (Å²) in [6.07, 6.45) is -0.350. The van der Waals surface area contributed by atoms with Crippen molar-refractivity contribution in [1.29, 1.82) is 0 Å². The van der Waals surface area contributed by atoms with Crippen LogP contribution in [0.15, 0.2) is 42.5 Å². The summed E-state index contributed by atoms with van der Waals surface area (Å²) in [6, 6.07) is 13.6. The van der Waals surface area contributed by atoms with Crippen LogP contribution in [0.4, 0.5) is 5.00 Å². The molecule has 1 heterocycles. The highest BCUT2D eigenvalue weighted by atomic mass is 32.1. The molecule has 1 aromatic heterocycles. The maximum atomic E-state index is 12.0. The van der Waals surface area contributed by atoms with Gasteiger partial charge < -0.3 is 4.90 Å². The predicted octanol–water partition coefficient (Wildman–Crippen LogP) is 3.12. The van der Waals surface area contributed by atoms with Crippen LogP contribution in [0.1, 0.15) is 28.6 Å². The Balaban J connectivity index is 2.03. The van der Waals surface area contributed by atoms with Gasteiger partial charge >= 0.3 is 0 Å². The molecule has 5 heteroatoms. The largest absolute Gasteiger partial charge is 0.362 e. The van der Waals surface area contributed by atoms with Crippen LogP contribution < -0.4 is 4.90 Å². The molecular weight excluding hydrogens is 298 g/mol. The first-order chi connectivity index (χ1) is 10.5. The second kappa shape index (κ2) is 7.13. The van der Waals surface area contributed by atoms with Crippen molar-refractivity contribution in [2.24, 2.45) is 0 Å². The van der Waals surface area contributed by atoms with E-state index in [1.54, 1.807) is 6.07 Å². The van der Waals surface area contributed by atoms with E-state index in [2.05, 4.69) is 0 Å². The number of thiophene rings is 1. The van der Waals surface area contributed by atoms with Crippen LogP contribution in [0, 0.1) is 0 Å². The quantitative estimate of drug-likeness (QED) is 0.447. The van der Waals surface area contributed by atoms with Crippen LogP contribution in [-0.2, 0) is 16.1 Å². The number of anilines is 1. The molecule has 2 aromatic rings. The van der Waals surface area contributed by atoms with Crippen LogP contribution in [-0.4, -0.2) is 24.4 Å². The Kier molecular flexibility index (Phi) is 5.22. The summed E-state index contributed by atoms with van der Waals surface area (Å²) in [6.45, 7) is 1.92. The summed E-state index contributed by atoms with van der Waals surface area (Å²) in [7, 11) is 1.95. The summed E-state index contributed by atoms with van der Waals surface area (Å²) >= 11 is 1.33. The highest BCUT2D eigenvalue weighted by molar-refractivity contribution is 7.18. The second-order valence-electron chi connectivity index (χ2n) is 5.06. The van der Waals surface area contributed by atoms with Crippen molar-refractivity contribution in [2.75, 3.05) is 11.9 Å². The minimum absolute atomic E-state index is 0.301. The van der Waals surface area contributed by atoms with Gasteiger partial charge in [0.25, 0.3) is 0 Å².